The van der Waals surface area contributed by atoms with Crippen LogP contribution in [0.15, 0.2) is 0 Å². The van der Waals surface area contributed by atoms with Crippen LogP contribution < -0.4 is 21.7 Å². The van der Waals surface area contributed by atoms with Crippen molar-refractivity contribution in [2.45, 2.75) is 64.7 Å². The highest BCUT2D eigenvalue weighted by atomic mass is 32.1. The van der Waals surface area contributed by atoms with Gasteiger partial charge in [-0.2, -0.15) is 25.3 Å². The minimum Gasteiger partial charge on any atom is -0.480 e. The largest absolute Gasteiger partial charge is 0.480 e. The predicted molar refractivity (Wildman–Crippen MR) is 118 cm³/mol. The summed E-state index contributed by atoms with van der Waals surface area (Å²) in [6.07, 6.45) is 0.649. The van der Waals surface area contributed by atoms with Crippen LogP contribution in [0.25, 0.3) is 0 Å². The van der Waals surface area contributed by atoms with Crippen LogP contribution in [0, 0.1) is 11.8 Å². The van der Waals surface area contributed by atoms with E-state index in [0.717, 1.165) is 0 Å². The molecular formula is C18H34N4O5S2. The second kappa shape index (κ2) is 13.7. The van der Waals surface area contributed by atoms with Crippen molar-refractivity contribution in [3.8, 4) is 0 Å². The Labute approximate surface area is 183 Å². The van der Waals surface area contributed by atoms with Crippen molar-refractivity contribution in [1.29, 1.82) is 0 Å². The monoisotopic (exact) mass is 450 g/mol. The number of carbonyl (C=O) groups is 4. The number of nitrogens with two attached hydrogens (primary N) is 1. The first-order valence-electron chi connectivity index (χ1n) is 9.54. The van der Waals surface area contributed by atoms with Crippen molar-refractivity contribution in [2.75, 3.05) is 11.5 Å². The third-order valence-corrected chi connectivity index (χ3v) is 4.77. The number of amides is 3. The van der Waals surface area contributed by atoms with Crippen LogP contribution in [0.4, 0.5) is 0 Å². The summed E-state index contributed by atoms with van der Waals surface area (Å²) < 4.78 is 0. The highest BCUT2D eigenvalue weighted by Gasteiger charge is 2.30. The lowest BCUT2D eigenvalue weighted by Crippen LogP contribution is -2.57. The zero-order chi connectivity index (χ0) is 22.7. The number of hydrogen-bond acceptors (Lipinski definition) is 7. The Morgan fingerprint density at radius 3 is 1.45 bits per heavy atom. The van der Waals surface area contributed by atoms with E-state index in [-0.39, 0.29) is 23.3 Å². The smallest absolute Gasteiger partial charge is 0.327 e. The lowest BCUT2D eigenvalue weighted by Gasteiger charge is -2.26. The fourth-order valence-electron chi connectivity index (χ4n) is 2.50. The fourth-order valence-corrected chi connectivity index (χ4v) is 2.91. The molecule has 0 heterocycles. The van der Waals surface area contributed by atoms with Crippen molar-refractivity contribution >= 4 is 48.9 Å². The highest BCUT2D eigenvalue weighted by molar-refractivity contribution is 7.80. The van der Waals surface area contributed by atoms with Gasteiger partial charge >= 0.3 is 5.97 Å². The third-order valence-electron chi connectivity index (χ3n) is 4.01. The maximum Gasteiger partial charge on any atom is 0.327 e. The summed E-state index contributed by atoms with van der Waals surface area (Å²) in [5, 5.41) is 16.7. The Kier molecular flexibility index (Phi) is 13.0. The van der Waals surface area contributed by atoms with Crippen molar-refractivity contribution in [3.63, 3.8) is 0 Å². The average molecular weight is 451 g/mol. The maximum atomic E-state index is 12.8. The second-order valence-corrected chi connectivity index (χ2v) is 8.48. The Bertz CT molecular complexity index is 574. The molecule has 168 valence electrons. The summed E-state index contributed by atoms with van der Waals surface area (Å²) >= 11 is 7.91. The first-order valence-corrected chi connectivity index (χ1v) is 10.8. The first-order chi connectivity index (χ1) is 13.4. The van der Waals surface area contributed by atoms with Crippen molar-refractivity contribution in [2.24, 2.45) is 17.6 Å². The molecule has 0 aromatic rings. The number of aliphatic carboxylic acids is 1. The molecule has 3 amide bonds. The van der Waals surface area contributed by atoms with Crippen LogP contribution in [0.2, 0.25) is 0 Å². The van der Waals surface area contributed by atoms with Gasteiger partial charge in [-0.25, -0.2) is 4.79 Å². The molecule has 0 aliphatic heterocycles. The molecule has 0 radical (unpaired) electrons. The zero-order valence-electron chi connectivity index (χ0n) is 17.3. The Morgan fingerprint density at radius 1 is 0.759 bits per heavy atom. The van der Waals surface area contributed by atoms with E-state index < -0.39 is 47.9 Å². The lowest BCUT2D eigenvalue weighted by molar-refractivity contribution is -0.141. The Hall–Kier alpha value is -1.46. The van der Waals surface area contributed by atoms with Gasteiger partial charge in [0.1, 0.15) is 18.1 Å². The topological polar surface area (TPSA) is 151 Å². The van der Waals surface area contributed by atoms with E-state index in [9.17, 15) is 19.2 Å². The summed E-state index contributed by atoms with van der Waals surface area (Å²) in [5.41, 5.74) is 5.66. The molecule has 4 unspecified atom stereocenters. The molecule has 0 aliphatic rings. The standard InChI is InChI=1S/C18H34N4O5S2/c1-9(2)5-12(20-15(23)11(19)7-28)16(24)21-13(6-10(3)4)17(25)22-14(8-29)18(26)27/h9-14,28-29H,5-8,19H2,1-4H3,(H,20,23)(H,21,24)(H,22,25)(H,26,27). The molecule has 6 N–H and O–H groups in total. The molecule has 0 aromatic carbocycles. The minimum absolute atomic E-state index is 0.0565. The maximum absolute atomic E-state index is 12.8. The van der Waals surface area contributed by atoms with Crippen LogP contribution in [-0.4, -0.2) is 64.5 Å². The minimum atomic E-state index is -1.21. The van der Waals surface area contributed by atoms with Gasteiger partial charge in [-0.05, 0) is 24.7 Å². The van der Waals surface area contributed by atoms with Crippen LogP contribution in [0.5, 0.6) is 0 Å². The molecule has 0 saturated heterocycles. The molecule has 0 fully saturated rings. The summed E-state index contributed by atoms with van der Waals surface area (Å²) in [7, 11) is 0. The molecule has 0 spiro atoms. The predicted octanol–water partition coefficient (Wildman–Crippen LogP) is -0.195. The van der Waals surface area contributed by atoms with E-state index in [1.54, 1.807) is 0 Å². The molecule has 0 bridgehead atoms. The average Bonchev–Trinajstić information content (AvgIpc) is 2.62. The van der Waals surface area contributed by atoms with E-state index in [2.05, 4.69) is 41.2 Å². The molecule has 9 nitrogen and oxygen atoms in total. The van der Waals surface area contributed by atoms with Crippen molar-refractivity contribution in [3.05, 3.63) is 0 Å². The number of hydrogen-bond donors (Lipinski definition) is 7. The number of carbonyl (C=O) groups excluding carboxylic acids is 3. The van der Waals surface area contributed by atoms with E-state index in [1.165, 1.54) is 0 Å². The van der Waals surface area contributed by atoms with Gasteiger partial charge in [-0.3, -0.25) is 14.4 Å². The van der Waals surface area contributed by atoms with E-state index >= 15 is 0 Å². The summed E-state index contributed by atoms with van der Waals surface area (Å²) in [4.78, 5) is 48.7. The van der Waals surface area contributed by atoms with Gasteiger partial charge in [0, 0.05) is 11.5 Å². The van der Waals surface area contributed by atoms with Crippen molar-refractivity contribution in [1.82, 2.24) is 16.0 Å². The van der Waals surface area contributed by atoms with Crippen LogP contribution in [0.1, 0.15) is 40.5 Å². The second-order valence-electron chi connectivity index (χ2n) is 7.75. The summed E-state index contributed by atoms with van der Waals surface area (Å²) in [6.45, 7) is 7.54. The number of carboxylic acids is 1. The van der Waals surface area contributed by atoms with Gasteiger partial charge < -0.3 is 26.8 Å². The SMILES string of the molecule is CC(C)CC(NC(=O)C(N)CS)C(=O)NC(CC(C)C)C(=O)NC(CS)C(=O)O. The van der Waals surface area contributed by atoms with Crippen LogP contribution in [0.3, 0.4) is 0 Å². The molecule has 0 rings (SSSR count). The van der Waals surface area contributed by atoms with E-state index in [4.69, 9.17) is 10.8 Å². The molecule has 29 heavy (non-hydrogen) atoms. The number of nitrogens with one attached hydrogen (secondary N) is 3. The quantitative estimate of drug-likeness (QED) is 0.193. The zero-order valence-corrected chi connectivity index (χ0v) is 19.1. The van der Waals surface area contributed by atoms with Crippen LogP contribution in [-0.2, 0) is 19.2 Å². The van der Waals surface area contributed by atoms with Gasteiger partial charge in [-0.1, -0.05) is 27.7 Å². The Morgan fingerprint density at radius 2 is 1.14 bits per heavy atom. The lowest BCUT2D eigenvalue weighted by atomic mass is 9.99. The normalized spacial score (nSPS) is 15.3. The van der Waals surface area contributed by atoms with Gasteiger partial charge in [0.2, 0.25) is 17.7 Å². The van der Waals surface area contributed by atoms with Gasteiger partial charge in [0.05, 0.1) is 6.04 Å². The highest BCUT2D eigenvalue weighted by Crippen LogP contribution is 2.09. The number of carboxylic acid groups (broad SMARTS) is 1. The summed E-state index contributed by atoms with van der Waals surface area (Å²) in [5.74, 6) is -2.68. The van der Waals surface area contributed by atoms with Gasteiger partial charge in [0.15, 0.2) is 0 Å². The third kappa shape index (κ3) is 10.8. The van der Waals surface area contributed by atoms with E-state index in [0.29, 0.717) is 12.8 Å². The molecule has 4 atom stereocenters. The number of thiol groups is 2. The number of rotatable bonds is 13. The fraction of sp³-hybridized carbons (Fsp3) is 0.778. The first kappa shape index (κ1) is 27.5. The molecule has 0 saturated carbocycles. The van der Waals surface area contributed by atoms with Gasteiger partial charge in [0.25, 0.3) is 0 Å². The molecule has 0 aromatic heterocycles. The Balaban J connectivity index is 5.37. The van der Waals surface area contributed by atoms with E-state index in [1.807, 2.05) is 27.7 Å². The van der Waals surface area contributed by atoms with Gasteiger partial charge in [-0.15, -0.1) is 0 Å². The summed E-state index contributed by atoms with van der Waals surface area (Å²) in [6, 6.07) is -3.86. The van der Waals surface area contributed by atoms with Crippen molar-refractivity contribution < 1.29 is 24.3 Å². The van der Waals surface area contributed by atoms with Crippen LogP contribution >= 0.6 is 25.3 Å². The molecule has 11 heteroatoms. The molecular weight excluding hydrogens is 416 g/mol. The molecule has 0 aliphatic carbocycles.